The summed E-state index contributed by atoms with van der Waals surface area (Å²) in [5, 5.41) is 12.7. The molecule has 0 amide bonds. The summed E-state index contributed by atoms with van der Waals surface area (Å²) < 4.78 is 1.73. The molecule has 0 atom stereocenters. The first kappa shape index (κ1) is 13.6. The molecule has 3 heterocycles. The number of aliphatic hydroxyl groups excluding tert-OH is 1. The van der Waals surface area contributed by atoms with Crippen LogP contribution in [0.5, 0.6) is 0 Å². The molecule has 0 saturated heterocycles. The number of imidazole rings is 1. The van der Waals surface area contributed by atoms with Crippen LogP contribution in [-0.4, -0.2) is 44.2 Å². The third-order valence-corrected chi connectivity index (χ3v) is 3.63. The zero-order valence-electron chi connectivity index (χ0n) is 12.0. The molecule has 0 fully saturated rings. The van der Waals surface area contributed by atoms with Gasteiger partial charge in [-0.25, -0.2) is 4.98 Å². The molecule has 0 bridgehead atoms. The maximum Gasteiger partial charge on any atom is 0.234 e. The van der Waals surface area contributed by atoms with E-state index in [4.69, 9.17) is 9.94 Å². The number of carbonyl (C=O) groups is 1. The molecule has 1 aliphatic rings. The summed E-state index contributed by atoms with van der Waals surface area (Å²) in [5.74, 6) is -0.268. The van der Waals surface area contributed by atoms with Gasteiger partial charge in [0.1, 0.15) is 23.6 Å². The average molecular weight is 308 g/mol. The highest BCUT2D eigenvalue weighted by Crippen LogP contribution is 2.33. The van der Waals surface area contributed by atoms with Crippen LogP contribution in [-0.2, 0) is 4.84 Å². The first-order valence-electron chi connectivity index (χ1n) is 7.08. The van der Waals surface area contributed by atoms with Gasteiger partial charge >= 0.3 is 0 Å². The first-order valence-corrected chi connectivity index (χ1v) is 7.08. The number of rotatable bonds is 3. The van der Waals surface area contributed by atoms with E-state index in [-0.39, 0.29) is 24.7 Å². The lowest BCUT2D eigenvalue weighted by Gasteiger charge is -2.15. The Hall–Kier alpha value is -3.06. The van der Waals surface area contributed by atoms with Crippen LogP contribution in [0.3, 0.4) is 0 Å². The number of oxime groups is 1. The van der Waals surface area contributed by atoms with E-state index in [0.717, 1.165) is 5.56 Å². The minimum Gasteiger partial charge on any atom is -0.393 e. The number of aliphatic hydroxyl groups is 1. The Morgan fingerprint density at radius 3 is 3.04 bits per heavy atom. The number of ketones is 1. The van der Waals surface area contributed by atoms with Crippen LogP contribution in [0.25, 0.3) is 16.9 Å². The van der Waals surface area contributed by atoms with Gasteiger partial charge in [0.05, 0.1) is 6.61 Å². The number of carbonyl (C=O) groups excluding carboxylic acids is 1. The van der Waals surface area contributed by atoms with Gasteiger partial charge < -0.3 is 9.94 Å². The highest BCUT2D eigenvalue weighted by Gasteiger charge is 2.33. The van der Waals surface area contributed by atoms with E-state index in [9.17, 15) is 4.79 Å². The number of pyridine rings is 2. The fraction of sp³-hybridized carbons (Fsp3) is 0.125. The number of aromatic nitrogens is 3. The SMILES string of the molecule is O=C1/C(=N\OCCO)c2ccncc2-c2nc3ccccn3c21. The van der Waals surface area contributed by atoms with E-state index in [1.165, 1.54) is 0 Å². The van der Waals surface area contributed by atoms with E-state index in [0.29, 0.717) is 22.6 Å². The number of nitrogens with zero attached hydrogens (tertiary/aromatic N) is 4. The van der Waals surface area contributed by atoms with Crippen LogP contribution >= 0.6 is 0 Å². The van der Waals surface area contributed by atoms with E-state index in [1.54, 1.807) is 29.1 Å². The van der Waals surface area contributed by atoms with Crippen LogP contribution in [0, 0.1) is 0 Å². The lowest BCUT2D eigenvalue weighted by Crippen LogP contribution is -2.24. The van der Waals surface area contributed by atoms with Gasteiger partial charge in [0, 0.05) is 29.7 Å². The van der Waals surface area contributed by atoms with Crippen molar-refractivity contribution < 1.29 is 14.7 Å². The van der Waals surface area contributed by atoms with Gasteiger partial charge in [0.15, 0.2) is 5.71 Å². The summed E-state index contributed by atoms with van der Waals surface area (Å²) in [5.41, 5.74) is 3.25. The molecule has 3 aromatic rings. The van der Waals surface area contributed by atoms with Crippen molar-refractivity contribution in [2.24, 2.45) is 5.16 Å². The number of hydrogen-bond acceptors (Lipinski definition) is 6. The van der Waals surface area contributed by atoms with Gasteiger partial charge in [0.2, 0.25) is 5.78 Å². The third kappa shape index (κ3) is 2.01. The van der Waals surface area contributed by atoms with E-state index in [2.05, 4.69) is 15.1 Å². The number of Topliss-reactive ketones (excluding diaryl/α,β-unsaturated/α-hetero) is 1. The molecule has 7 heteroatoms. The molecule has 0 aliphatic heterocycles. The lowest BCUT2D eigenvalue weighted by molar-refractivity contribution is 0.0938. The minimum atomic E-state index is -0.268. The Morgan fingerprint density at radius 2 is 2.17 bits per heavy atom. The van der Waals surface area contributed by atoms with Crippen molar-refractivity contribution in [3.63, 3.8) is 0 Å². The van der Waals surface area contributed by atoms with Crippen molar-refractivity contribution >= 4 is 17.1 Å². The van der Waals surface area contributed by atoms with Gasteiger partial charge in [0.25, 0.3) is 0 Å². The predicted octanol–water partition coefficient (Wildman–Crippen LogP) is 1.31. The largest absolute Gasteiger partial charge is 0.393 e. The van der Waals surface area contributed by atoms with E-state index < -0.39 is 0 Å². The summed E-state index contributed by atoms with van der Waals surface area (Å²) in [4.78, 5) is 26.6. The Balaban J connectivity index is 1.99. The number of hydrogen-bond donors (Lipinski definition) is 1. The highest BCUT2D eigenvalue weighted by molar-refractivity contribution is 6.54. The topological polar surface area (TPSA) is 89.1 Å². The first-order chi connectivity index (χ1) is 11.3. The maximum absolute atomic E-state index is 12.9. The van der Waals surface area contributed by atoms with Gasteiger partial charge in [-0.1, -0.05) is 11.2 Å². The lowest BCUT2D eigenvalue weighted by atomic mass is 9.91. The molecule has 0 unspecified atom stereocenters. The van der Waals surface area contributed by atoms with Crippen molar-refractivity contribution in [3.8, 4) is 11.3 Å². The quantitative estimate of drug-likeness (QED) is 0.582. The Morgan fingerprint density at radius 1 is 1.26 bits per heavy atom. The predicted molar refractivity (Wildman–Crippen MR) is 82.3 cm³/mol. The van der Waals surface area contributed by atoms with Gasteiger partial charge in [-0.05, 0) is 18.2 Å². The van der Waals surface area contributed by atoms with Crippen LogP contribution in [0.1, 0.15) is 16.1 Å². The third-order valence-electron chi connectivity index (χ3n) is 3.63. The molecule has 23 heavy (non-hydrogen) atoms. The highest BCUT2D eigenvalue weighted by atomic mass is 16.6. The molecule has 0 radical (unpaired) electrons. The average Bonchev–Trinajstić information content (AvgIpc) is 2.98. The van der Waals surface area contributed by atoms with Crippen LogP contribution in [0.4, 0.5) is 0 Å². The Labute approximate surface area is 130 Å². The van der Waals surface area contributed by atoms with Crippen molar-refractivity contribution in [3.05, 3.63) is 54.1 Å². The second kappa shape index (κ2) is 5.29. The van der Waals surface area contributed by atoms with Gasteiger partial charge in [-0.2, -0.15) is 0 Å². The summed E-state index contributed by atoms with van der Waals surface area (Å²) in [6, 6.07) is 7.24. The standard InChI is InChI=1S/C16H12N4O3/c21-7-8-23-19-14-10-4-5-17-9-11(10)13-15(16(14)22)20-6-2-1-3-12(20)18-13/h1-6,9,21H,7-8H2/b19-14-. The molecule has 0 saturated carbocycles. The summed E-state index contributed by atoms with van der Waals surface area (Å²) in [6.45, 7) is -0.147. The minimum absolute atomic E-state index is 0.0250. The Kier molecular flexibility index (Phi) is 3.13. The molecular weight excluding hydrogens is 296 g/mol. The van der Waals surface area contributed by atoms with Crippen LogP contribution in [0.2, 0.25) is 0 Å². The summed E-state index contributed by atoms with van der Waals surface area (Å²) in [6.07, 6.45) is 5.04. The van der Waals surface area contributed by atoms with Crippen LogP contribution in [0.15, 0.2) is 48.0 Å². The molecule has 3 aromatic heterocycles. The maximum atomic E-state index is 12.9. The van der Waals surface area contributed by atoms with E-state index in [1.807, 2.05) is 18.2 Å². The molecular formula is C16H12N4O3. The second-order valence-electron chi connectivity index (χ2n) is 4.98. The molecule has 4 rings (SSSR count). The smallest absolute Gasteiger partial charge is 0.234 e. The van der Waals surface area contributed by atoms with Crippen LogP contribution < -0.4 is 0 Å². The van der Waals surface area contributed by atoms with Crippen molar-refractivity contribution in [2.45, 2.75) is 0 Å². The van der Waals surface area contributed by atoms with E-state index >= 15 is 0 Å². The van der Waals surface area contributed by atoms with Crippen molar-refractivity contribution in [1.82, 2.24) is 14.4 Å². The normalized spacial score (nSPS) is 14.8. The van der Waals surface area contributed by atoms with Crippen molar-refractivity contribution in [2.75, 3.05) is 13.2 Å². The van der Waals surface area contributed by atoms with Crippen molar-refractivity contribution in [1.29, 1.82) is 0 Å². The molecule has 7 nitrogen and oxygen atoms in total. The van der Waals surface area contributed by atoms with Gasteiger partial charge in [-0.3, -0.25) is 14.2 Å². The molecule has 1 N–H and O–H groups in total. The molecule has 114 valence electrons. The fourth-order valence-electron chi connectivity index (χ4n) is 2.67. The number of fused-ring (bicyclic) bond motifs is 5. The summed E-state index contributed by atoms with van der Waals surface area (Å²) >= 11 is 0. The van der Waals surface area contributed by atoms with Gasteiger partial charge in [-0.15, -0.1) is 0 Å². The monoisotopic (exact) mass is 308 g/mol. The second-order valence-corrected chi connectivity index (χ2v) is 4.98. The zero-order chi connectivity index (χ0) is 15.8. The molecule has 0 aromatic carbocycles. The summed E-state index contributed by atoms with van der Waals surface area (Å²) in [7, 11) is 0. The molecule has 1 aliphatic carbocycles. The fourth-order valence-corrected chi connectivity index (χ4v) is 2.67. The zero-order valence-corrected chi connectivity index (χ0v) is 12.0. The Bertz CT molecular complexity index is 945. The molecule has 0 spiro atoms.